The number of halogens is 1. The molecule has 3 aromatic rings. The zero-order valence-corrected chi connectivity index (χ0v) is 14.0. The molecule has 0 spiro atoms. The minimum absolute atomic E-state index is 0.579. The smallest absolute Gasteiger partial charge is 0.220 e. The molecule has 0 fully saturated rings. The lowest BCUT2D eigenvalue weighted by Crippen LogP contribution is -2.21. The molecule has 0 saturated heterocycles. The molecule has 1 aromatic heterocycles. The van der Waals surface area contributed by atoms with E-state index in [-0.39, 0.29) is 0 Å². The molecule has 3 rings (SSSR count). The van der Waals surface area contributed by atoms with Gasteiger partial charge in [0.15, 0.2) is 5.58 Å². The van der Waals surface area contributed by atoms with Crippen LogP contribution in [-0.2, 0) is 0 Å². The lowest BCUT2D eigenvalue weighted by atomic mass is 10.2. The van der Waals surface area contributed by atoms with Crippen LogP contribution in [0.5, 0.6) is 0 Å². The maximum absolute atomic E-state index is 5.96. The van der Waals surface area contributed by atoms with Gasteiger partial charge in [-0.2, -0.15) is 0 Å². The summed E-state index contributed by atoms with van der Waals surface area (Å²) in [4.78, 5) is 6.73. The summed E-state index contributed by atoms with van der Waals surface area (Å²) in [6.07, 6.45) is 3.87. The monoisotopic (exact) mass is 326 g/mol. The lowest BCUT2D eigenvalue weighted by molar-refractivity contribution is 0.590. The van der Waals surface area contributed by atoms with E-state index in [9.17, 15) is 0 Å². The Morgan fingerprint density at radius 2 is 1.78 bits per heavy atom. The standard InChI is InChI=1S/C19H19ClN2O/c1-3-22(4-2)16-9-5-14(6-10-16)7-12-19-21-17-13-15(20)8-11-18(17)23-19/h5-13H,3-4H2,1-2H3/b12-7+. The first-order valence-corrected chi connectivity index (χ1v) is 8.16. The third-order valence-electron chi connectivity index (χ3n) is 3.81. The summed E-state index contributed by atoms with van der Waals surface area (Å²) in [6, 6.07) is 13.9. The first-order chi connectivity index (χ1) is 11.2. The van der Waals surface area contributed by atoms with Crippen LogP contribution in [0.3, 0.4) is 0 Å². The highest BCUT2D eigenvalue weighted by atomic mass is 35.5. The summed E-state index contributed by atoms with van der Waals surface area (Å²) in [5.74, 6) is 0.579. The van der Waals surface area contributed by atoms with Crippen molar-refractivity contribution in [3.8, 4) is 0 Å². The molecule has 0 unspecified atom stereocenters. The van der Waals surface area contributed by atoms with Gasteiger partial charge >= 0.3 is 0 Å². The van der Waals surface area contributed by atoms with Gasteiger partial charge in [0.1, 0.15) is 5.52 Å². The molecular formula is C19H19ClN2O. The Morgan fingerprint density at radius 3 is 2.48 bits per heavy atom. The third-order valence-corrected chi connectivity index (χ3v) is 4.04. The van der Waals surface area contributed by atoms with Crippen molar-refractivity contribution in [3.05, 3.63) is 58.9 Å². The van der Waals surface area contributed by atoms with Crippen LogP contribution in [-0.4, -0.2) is 18.1 Å². The van der Waals surface area contributed by atoms with Gasteiger partial charge in [0.25, 0.3) is 0 Å². The Balaban J connectivity index is 1.78. The van der Waals surface area contributed by atoms with E-state index >= 15 is 0 Å². The summed E-state index contributed by atoms with van der Waals surface area (Å²) >= 11 is 5.96. The van der Waals surface area contributed by atoms with Crippen molar-refractivity contribution in [2.45, 2.75) is 13.8 Å². The molecule has 2 aromatic carbocycles. The average Bonchev–Trinajstić information content (AvgIpc) is 2.97. The quantitative estimate of drug-likeness (QED) is 0.620. The Hall–Kier alpha value is -2.26. The summed E-state index contributed by atoms with van der Waals surface area (Å²) in [5, 5.41) is 0.660. The predicted molar refractivity (Wildman–Crippen MR) is 98.0 cm³/mol. The fourth-order valence-electron chi connectivity index (χ4n) is 2.54. The van der Waals surface area contributed by atoms with Gasteiger partial charge in [-0.1, -0.05) is 23.7 Å². The van der Waals surface area contributed by atoms with E-state index in [1.165, 1.54) is 5.69 Å². The molecule has 0 N–H and O–H groups in total. The molecule has 118 valence electrons. The van der Waals surface area contributed by atoms with E-state index in [0.717, 1.165) is 29.8 Å². The van der Waals surface area contributed by atoms with Crippen LogP contribution < -0.4 is 4.90 Å². The Morgan fingerprint density at radius 1 is 1.04 bits per heavy atom. The summed E-state index contributed by atoms with van der Waals surface area (Å²) in [6.45, 7) is 6.35. The topological polar surface area (TPSA) is 29.3 Å². The molecule has 0 amide bonds. The molecule has 0 aliphatic carbocycles. The number of anilines is 1. The molecule has 0 aliphatic rings. The van der Waals surface area contributed by atoms with Gasteiger partial charge in [-0.3, -0.25) is 0 Å². The molecule has 0 aliphatic heterocycles. The molecule has 0 atom stereocenters. The van der Waals surface area contributed by atoms with Crippen molar-refractivity contribution >= 4 is 40.5 Å². The van der Waals surface area contributed by atoms with Gasteiger partial charge in [0.2, 0.25) is 5.89 Å². The van der Waals surface area contributed by atoms with Crippen LogP contribution in [0.15, 0.2) is 46.9 Å². The fourth-order valence-corrected chi connectivity index (χ4v) is 2.71. The van der Waals surface area contributed by atoms with E-state index in [1.54, 1.807) is 12.1 Å². The van der Waals surface area contributed by atoms with Gasteiger partial charge in [0.05, 0.1) is 0 Å². The number of hydrogen-bond acceptors (Lipinski definition) is 3. The Labute approximate surface area is 141 Å². The zero-order valence-electron chi connectivity index (χ0n) is 13.3. The third kappa shape index (κ3) is 3.57. The first-order valence-electron chi connectivity index (χ1n) is 7.78. The second kappa shape index (κ2) is 6.88. The molecule has 0 radical (unpaired) electrons. The van der Waals surface area contributed by atoms with E-state index in [2.05, 4.69) is 48.0 Å². The zero-order chi connectivity index (χ0) is 16.2. The van der Waals surface area contributed by atoms with E-state index < -0.39 is 0 Å². The minimum Gasteiger partial charge on any atom is -0.437 e. The highest BCUT2D eigenvalue weighted by molar-refractivity contribution is 6.31. The Bertz CT molecular complexity index is 817. The van der Waals surface area contributed by atoms with Gasteiger partial charge < -0.3 is 9.32 Å². The van der Waals surface area contributed by atoms with Gasteiger partial charge in [-0.15, -0.1) is 0 Å². The van der Waals surface area contributed by atoms with Gasteiger partial charge in [-0.25, -0.2) is 4.98 Å². The van der Waals surface area contributed by atoms with Gasteiger partial charge in [0, 0.05) is 29.9 Å². The van der Waals surface area contributed by atoms with E-state index in [0.29, 0.717) is 10.9 Å². The predicted octanol–water partition coefficient (Wildman–Crippen LogP) is 5.50. The van der Waals surface area contributed by atoms with E-state index in [1.807, 2.05) is 18.2 Å². The molecule has 0 saturated carbocycles. The second-order valence-electron chi connectivity index (χ2n) is 5.26. The number of aromatic nitrogens is 1. The normalized spacial score (nSPS) is 11.4. The number of fused-ring (bicyclic) bond motifs is 1. The molecule has 3 nitrogen and oxygen atoms in total. The molecular weight excluding hydrogens is 308 g/mol. The Kier molecular flexibility index (Phi) is 4.68. The van der Waals surface area contributed by atoms with Crippen LogP contribution in [0, 0.1) is 0 Å². The molecule has 0 bridgehead atoms. The largest absolute Gasteiger partial charge is 0.437 e. The van der Waals surface area contributed by atoms with Crippen LogP contribution >= 0.6 is 11.6 Å². The number of rotatable bonds is 5. The highest BCUT2D eigenvalue weighted by Gasteiger charge is 2.04. The summed E-state index contributed by atoms with van der Waals surface area (Å²) in [7, 11) is 0. The van der Waals surface area contributed by atoms with Crippen molar-refractivity contribution in [1.29, 1.82) is 0 Å². The minimum atomic E-state index is 0.579. The van der Waals surface area contributed by atoms with Crippen molar-refractivity contribution < 1.29 is 4.42 Å². The van der Waals surface area contributed by atoms with Crippen LogP contribution in [0.25, 0.3) is 23.3 Å². The first kappa shape index (κ1) is 15.6. The number of hydrogen-bond donors (Lipinski definition) is 0. The lowest BCUT2D eigenvalue weighted by Gasteiger charge is -2.20. The maximum atomic E-state index is 5.96. The average molecular weight is 327 g/mol. The fraction of sp³-hybridized carbons (Fsp3) is 0.211. The second-order valence-corrected chi connectivity index (χ2v) is 5.70. The number of benzene rings is 2. The van der Waals surface area contributed by atoms with Crippen molar-refractivity contribution in [1.82, 2.24) is 4.98 Å². The summed E-state index contributed by atoms with van der Waals surface area (Å²) < 4.78 is 5.68. The van der Waals surface area contributed by atoms with Crippen LogP contribution in [0.2, 0.25) is 5.02 Å². The number of nitrogens with zero attached hydrogens (tertiary/aromatic N) is 2. The summed E-state index contributed by atoms with van der Waals surface area (Å²) in [5.41, 5.74) is 3.87. The number of oxazole rings is 1. The molecule has 4 heteroatoms. The van der Waals surface area contributed by atoms with E-state index in [4.69, 9.17) is 16.0 Å². The molecule has 1 heterocycles. The van der Waals surface area contributed by atoms with Crippen molar-refractivity contribution in [2.24, 2.45) is 0 Å². The van der Waals surface area contributed by atoms with Crippen molar-refractivity contribution in [2.75, 3.05) is 18.0 Å². The maximum Gasteiger partial charge on any atom is 0.220 e. The molecule has 23 heavy (non-hydrogen) atoms. The highest BCUT2D eigenvalue weighted by Crippen LogP contribution is 2.21. The van der Waals surface area contributed by atoms with Crippen LogP contribution in [0.4, 0.5) is 5.69 Å². The SMILES string of the molecule is CCN(CC)c1ccc(/C=C/c2nc3cc(Cl)ccc3o2)cc1. The van der Waals surface area contributed by atoms with Crippen LogP contribution in [0.1, 0.15) is 25.3 Å². The van der Waals surface area contributed by atoms with Gasteiger partial charge in [-0.05, 0) is 55.8 Å². The van der Waals surface area contributed by atoms with Crippen molar-refractivity contribution in [3.63, 3.8) is 0 Å².